The Kier molecular flexibility index (Phi) is 5.92. The fourth-order valence-electron chi connectivity index (χ4n) is 3.79. The third kappa shape index (κ3) is 4.13. The molecule has 0 spiro atoms. The summed E-state index contributed by atoms with van der Waals surface area (Å²) < 4.78 is 39.4. The van der Waals surface area contributed by atoms with Crippen molar-refractivity contribution in [1.82, 2.24) is 9.29 Å². The summed E-state index contributed by atoms with van der Waals surface area (Å²) in [4.78, 5) is 4.73. The van der Waals surface area contributed by atoms with Crippen LogP contribution in [-0.2, 0) is 10.0 Å². The summed E-state index contributed by atoms with van der Waals surface area (Å²) in [5.74, 6) is 1.46. The third-order valence-electron chi connectivity index (χ3n) is 5.37. The van der Waals surface area contributed by atoms with E-state index in [1.807, 2.05) is 44.2 Å². The van der Waals surface area contributed by atoms with Crippen LogP contribution in [0.2, 0.25) is 0 Å². The molecule has 0 saturated carbocycles. The summed E-state index contributed by atoms with van der Waals surface area (Å²) in [5.41, 5.74) is 1.65. The van der Waals surface area contributed by atoms with Gasteiger partial charge in [-0.25, -0.2) is 8.42 Å². The predicted molar refractivity (Wildman–Crippen MR) is 116 cm³/mol. The van der Waals surface area contributed by atoms with E-state index < -0.39 is 10.0 Å². The molecule has 7 heteroatoms. The van der Waals surface area contributed by atoms with Crippen LogP contribution in [0.25, 0.3) is 10.9 Å². The van der Waals surface area contributed by atoms with Gasteiger partial charge in [0.2, 0.25) is 10.0 Å². The smallest absolute Gasteiger partial charge is 0.243 e. The average Bonchev–Trinajstić information content (AvgIpc) is 2.76. The number of piperidine rings is 1. The molecule has 0 amide bonds. The van der Waals surface area contributed by atoms with Gasteiger partial charge in [-0.05, 0) is 62.6 Å². The molecule has 3 aromatic rings. The van der Waals surface area contributed by atoms with Gasteiger partial charge in [0.25, 0.3) is 0 Å². The zero-order chi connectivity index (χ0) is 21.1. The second kappa shape index (κ2) is 8.62. The van der Waals surface area contributed by atoms with Crippen molar-refractivity contribution in [3.05, 3.63) is 60.3 Å². The van der Waals surface area contributed by atoms with E-state index in [1.54, 1.807) is 28.7 Å². The number of hydrogen-bond acceptors (Lipinski definition) is 5. The largest absolute Gasteiger partial charge is 0.494 e. The van der Waals surface area contributed by atoms with Crippen LogP contribution < -0.4 is 9.47 Å². The molecule has 30 heavy (non-hydrogen) atoms. The summed E-state index contributed by atoms with van der Waals surface area (Å²) in [6.07, 6.45) is 2.99. The van der Waals surface area contributed by atoms with Gasteiger partial charge in [-0.1, -0.05) is 18.2 Å². The molecule has 0 radical (unpaired) electrons. The minimum absolute atomic E-state index is 0.0360. The minimum atomic E-state index is -3.54. The summed E-state index contributed by atoms with van der Waals surface area (Å²) in [6.45, 7) is 5.18. The number of fused-ring (bicyclic) bond motifs is 1. The van der Waals surface area contributed by atoms with E-state index in [9.17, 15) is 8.42 Å². The van der Waals surface area contributed by atoms with Gasteiger partial charge >= 0.3 is 0 Å². The van der Waals surface area contributed by atoms with Crippen LogP contribution in [0.4, 0.5) is 0 Å². The fraction of sp³-hybridized carbons (Fsp3) is 0.348. The van der Waals surface area contributed by atoms with E-state index >= 15 is 0 Å². The SMILES string of the molecule is CCOc1ccc(S(=O)(=O)N2CCC(Oc3cccc4cccnc34)CC2)cc1C. The van der Waals surface area contributed by atoms with Gasteiger partial charge in [0, 0.05) is 24.7 Å². The molecule has 1 aromatic heterocycles. The van der Waals surface area contributed by atoms with Crippen molar-refractivity contribution in [1.29, 1.82) is 0 Å². The molecule has 0 N–H and O–H groups in total. The van der Waals surface area contributed by atoms with Crippen LogP contribution in [0.15, 0.2) is 59.6 Å². The Balaban J connectivity index is 1.44. The van der Waals surface area contributed by atoms with Crippen LogP contribution in [0.5, 0.6) is 11.5 Å². The standard InChI is InChI=1S/C23H26N2O4S/c1-3-28-21-10-9-20(16-17(21)2)30(26,27)25-14-11-19(12-15-25)29-22-8-4-6-18-7-5-13-24-23(18)22/h4-10,13,16,19H,3,11-12,14-15H2,1-2H3. The van der Waals surface area contributed by atoms with Crippen molar-refractivity contribution in [2.75, 3.05) is 19.7 Å². The van der Waals surface area contributed by atoms with E-state index in [1.165, 1.54) is 0 Å². The highest BCUT2D eigenvalue weighted by Crippen LogP contribution is 2.29. The number of ether oxygens (including phenoxy) is 2. The maximum atomic E-state index is 13.1. The molecule has 0 bridgehead atoms. The first-order valence-electron chi connectivity index (χ1n) is 10.2. The highest BCUT2D eigenvalue weighted by molar-refractivity contribution is 7.89. The number of hydrogen-bond donors (Lipinski definition) is 0. The molecule has 0 aliphatic carbocycles. The zero-order valence-electron chi connectivity index (χ0n) is 17.2. The zero-order valence-corrected chi connectivity index (χ0v) is 18.1. The van der Waals surface area contributed by atoms with E-state index in [4.69, 9.17) is 9.47 Å². The van der Waals surface area contributed by atoms with Crippen molar-refractivity contribution in [2.24, 2.45) is 0 Å². The van der Waals surface area contributed by atoms with Gasteiger partial charge in [-0.2, -0.15) is 4.31 Å². The van der Waals surface area contributed by atoms with Crippen molar-refractivity contribution in [2.45, 2.75) is 37.7 Å². The highest BCUT2D eigenvalue weighted by atomic mass is 32.2. The second-order valence-corrected chi connectivity index (χ2v) is 9.35. The first kappa shape index (κ1) is 20.6. The molecular weight excluding hydrogens is 400 g/mol. The van der Waals surface area contributed by atoms with Gasteiger partial charge in [0.05, 0.1) is 11.5 Å². The molecule has 4 rings (SSSR count). The second-order valence-electron chi connectivity index (χ2n) is 7.41. The van der Waals surface area contributed by atoms with Gasteiger partial charge in [0.1, 0.15) is 23.1 Å². The molecule has 0 atom stereocenters. The number of pyridine rings is 1. The average molecular weight is 427 g/mol. The van der Waals surface area contributed by atoms with Crippen molar-refractivity contribution < 1.29 is 17.9 Å². The van der Waals surface area contributed by atoms with Crippen LogP contribution in [0, 0.1) is 6.92 Å². The summed E-state index contributed by atoms with van der Waals surface area (Å²) in [5, 5.41) is 1.03. The molecule has 1 aliphatic rings. The Labute approximate surface area is 177 Å². The fourth-order valence-corrected chi connectivity index (χ4v) is 5.35. The van der Waals surface area contributed by atoms with Crippen molar-refractivity contribution >= 4 is 20.9 Å². The number of aromatic nitrogens is 1. The van der Waals surface area contributed by atoms with Crippen LogP contribution in [0.3, 0.4) is 0 Å². The Morgan fingerprint density at radius 3 is 2.57 bits per heavy atom. The normalized spacial score (nSPS) is 15.9. The highest BCUT2D eigenvalue weighted by Gasteiger charge is 2.30. The number of rotatable bonds is 6. The number of nitrogens with zero attached hydrogens (tertiary/aromatic N) is 2. The van der Waals surface area contributed by atoms with Gasteiger partial charge in [0.15, 0.2) is 0 Å². The number of benzene rings is 2. The number of aryl methyl sites for hydroxylation is 1. The Morgan fingerprint density at radius 1 is 1.07 bits per heavy atom. The molecule has 2 aromatic carbocycles. The predicted octanol–water partition coefficient (Wildman–Crippen LogP) is 4.17. The first-order valence-corrected chi connectivity index (χ1v) is 11.7. The maximum Gasteiger partial charge on any atom is 0.243 e. The third-order valence-corrected chi connectivity index (χ3v) is 7.27. The molecular formula is C23H26N2O4S. The van der Waals surface area contributed by atoms with E-state index in [2.05, 4.69) is 4.98 Å². The van der Waals surface area contributed by atoms with Crippen LogP contribution in [0.1, 0.15) is 25.3 Å². The van der Waals surface area contributed by atoms with Crippen molar-refractivity contribution in [3.63, 3.8) is 0 Å². The number of sulfonamides is 1. The Morgan fingerprint density at radius 2 is 1.83 bits per heavy atom. The summed E-state index contributed by atoms with van der Waals surface area (Å²) >= 11 is 0. The van der Waals surface area contributed by atoms with E-state index in [-0.39, 0.29) is 6.10 Å². The topological polar surface area (TPSA) is 68.7 Å². The lowest BCUT2D eigenvalue weighted by Crippen LogP contribution is -2.41. The number of para-hydroxylation sites is 1. The Hall–Kier alpha value is -2.64. The Bertz CT molecular complexity index is 1130. The van der Waals surface area contributed by atoms with Crippen LogP contribution in [-0.4, -0.2) is 43.5 Å². The minimum Gasteiger partial charge on any atom is -0.494 e. The van der Waals surface area contributed by atoms with E-state index in [0.29, 0.717) is 43.2 Å². The lowest BCUT2D eigenvalue weighted by Gasteiger charge is -2.31. The quantitative estimate of drug-likeness (QED) is 0.592. The van der Waals surface area contributed by atoms with Gasteiger partial charge in [-0.3, -0.25) is 4.98 Å². The lowest BCUT2D eigenvalue weighted by atomic mass is 10.1. The monoisotopic (exact) mass is 426 g/mol. The molecule has 158 valence electrons. The molecule has 6 nitrogen and oxygen atoms in total. The van der Waals surface area contributed by atoms with Gasteiger partial charge < -0.3 is 9.47 Å². The summed E-state index contributed by atoms with van der Waals surface area (Å²) in [7, 11) is -3.54. The molecule has 0 unspecified atom stereocenters. The maximum absolute atomic E-state index is 13.1. The molecule has 1 aliphatic heterocycles. The summed E-state index contributed by atoms with van der Waals surface area (Å²) in [6, 6.07) is 14.8. The molecule has 1 saturated heterocycles. The lowest BCUT2D eigenvalue weighted by molar-refractivity contribution is 0.136. The molecule has 2 heterocycles. The molecule has 1 fully saturated rings. The van der Waals surface area contributed by atoms with Gasteiger partial charge in [-0.15, -0.1) is 0 Å². The van der Waals surface area contributed by atoms with Crippen molar-refractivity contribution in [3.8, 4) is 11.5 Å². The van der Waals surface area contributed by atoms with Crippen LogP contribution >= 0.6 is 0 Å². The first-order chi connectivity index (χ1) is 14.5. The van der Waals surface area contributed by atoms with E-state index in [0.717, 1.165) is 22.2 Å².